The Morgan fingerprint density at radius 1 is 1.10 bits per heavy atom. The maximum atomic E-state index is 5.86. The van der Waals surface area contributed by atoms with Crippen LogP contribution in [0.2, 0.25) is 5.02 Å². The molecule has 2 aromatic carbocycles. The minimum absolute atomic E-state index is 0.591. The number of ether oxygens (including phenoxy) is 2. The highest BCUT2D eigenvalue weighted by molar-refractivity contribution is 9.10. The van der Waals surface area contributed by atoms with Gasteiger partial charge in [0.15, 0.2) is 11.5 Å². The summed E-state index contributed by atoms with van der Waals surface area (Å²) in [6.45, 7) is 1.89. The van der Waals surface area contributed by atoms with Crippen LogP contribution in [-0.2, 0) is 6.54 Å². The first kappa shape index (κ1) is 13.6. The normalized spacial score (nSPS) is 13.1. The minimum Gasteiger partial charge on any atom is -0.486 e. The molecular formula is C15H13BrClNO2. The lowest BCUT2D eigenvalue weighted by molar-refractivity contribution is 0.170. The van der Waals surface area contributed by atoms with Crippen molar-refractivity contribution in [3.05, 3.63) is 51.5 Å². The van der Waals surface area contributed by atoms with Crippen molar-refractivity contribution in [2.75, 3.05) is 18.5 Å². The van der Waals surface area contributed by atoms with Crippen molar-refractivity contribution in [2.24, 2.45) is 0 Å². The van der Waals surface area contributed by atoms with Gasteiger partial charge in [0, 0.05) is 17.3 Å². The lowest BCUT2D eigenvalue weighted by Gasteiger charge is -2.20. The lowest BCUT2D eigenvalue weighted by atomic mass is 10.2. The molecule has 3 rings (SSSR count). The van der Waals surface area contributed by atoms with E-state index >= 15 is 0 Å². The number of benzene rings is 2. The molecule has 0 saturated carbocycles. The van der Waals surface area contributed by atoms with Crippen LogP contribution in [-0.4, -0.2) is 13.2 Å². The summed E-state index contributed by atoms with van der Waals surface area (Å²) in [4.78, 5) is 0. The fourth-order valence-corrected chi connectivity index (χ4v) is 2.77. The third-order valence-electron chi connectivity index (χ3n) is 3.00. The Morgan fingerprint density at radius 2 is 1.85 bits per heavy atom. The molecule has 0 bridgehead atoms. The Hall–Kier alpha value is -1.39. The summed E-state index contributed by atoms with van der Waals surface area (Å²) in [5, 5.41) is 4.08. The molecule has 0 spiro atoms. The highest BCUT2D eigenvalue weighted by Gasteiger charge is 2.16. The summed E-state index contributed by atoms with van der Waals surface area (Å²) in [7, 11) is 0. The first-order chi connectivity index (χ1) is 9.72. The van der Waals surface area contributed by atoms with Gasteiger partial charge >= 0.3 is 0 Å². The van der Waals surface area contributed by atoms with Gasteiger partial charge in [-0.2, -0.15) is 0 Å². The predicted octanol–water partition coefficient (Wildman–Crippen LogP) is 4.49. The first-order valence-corrected chi connectivity index (χ1v) is 7.47. The van der Waals surface area contributed by atoms with E-state index in [1.807, 2.05) is 36.4 Å². The molecule has 0 amide bonds. The molecule has 0 aliphatic carbocycles. The molecule has 0 fully saturated rings. The lowest BCUT2D eigenvalue weighted by Crippen LogP contribution is -2.16. The number of rotatable bonds is 3. The van der Waals surface area contributed by atoms with Gasteiger partial charge in [-0.15, -0.1) is 0 Å². The van der Waals surface area contributed by atoms with Crippen molar-refractivity contribution in [3.63, 3.8) is 0 Å². The molecule has 0 saturated heterocycles. The van der Waals surface area contributed by atoms with Crippen LogP contribution < -0.4 is 14.8 Å². The zero-order valence-electron chi connectivity index (χ0n) is 10.7. The summed E-state index contributed by atoms with van der Waals surface area (Å²) in [6.07, 6.45) is 0. The largest absolute Gasteiger partial charge is 0.486 e. The van der Waals surface area contributed by atoms with E-state index in [1.165, 1.54) is 0 Å². The van der Waals surface area contributed by atoms with E-state index in [9.17, 15) is 0 Å². The van der Waals surface area contributed by atoms with Crippen LogP contribution in [0.1, 0.15) is 5.56 Å². The van der Waals surface area contributed by atoms with E-state index in [0.717, 1.165) is 32.2 Å². The zero-order chi connectivity index (χ0) is 13.9. The molecule has 104 valence electrons. The summed E-state index contributed by atoms with van der Waals surface area (Å²) >= 11 is 9.38. The van der Waals surface area contributed by atoms with E-state index in [1.54, 1.807) is 0 Å². The molecular weight excluding hydrogens is 342 g/mol. The zero-order valence-corrected chi connectivity index (χ0v) is 13.0. The molecule has 0 radical (unpaired) electrons. The minimum atomic E-state index is 0.591. The van der Waals surface area contributed by atoms with Crippen LogP contribution in [0.3, 0.4) is 0 Å². The third kappa shape index (κ3) is 3.02. The molecule has 3 nitrogen and oxygen atoms in total. The van der Waals surface area contributed by atoms with Gasteiger partial charge in [-0.3, -0.25) is 0 Å². The standard InChI is InChI=1S/C15H13BrClNO2/c16-13-7-10(8-14-15(13)20-6-5-19-14)9-18-12-3-1-11(17)2-4-12/h1-4,7-8,18H,5-6,9H2. The van der Waals surface area contributed by atoms with E-state index < -0.39 is 0 Å². The molecule has 20 heavy (non-hydrogen) atoms. The van der Waals surface area contributed by atoms with Crippen molar-refractivity contribution < 1.29 is 9.47 Å². The summed E-state index contributed by atoms with van der Waals surface area (Å²) in [6, 6.07) is 11.7. The molecule has 0 unspecified atom stereocenters. The fraction of sp³-hybridized carbons (Fsp3) is 0.200. The molecule has 1 aliphatic rings. The summed E-state index contributed by atoms with van der Waals surface area (Å²) in [5.74, 6) is 1.57. The molecule has 0 atom stereocenters. The number of hydrogen-bond donors (Lipinski definition) is 1. The molecule has 0 aromatic heterocycles. The number of fused-ring (bicyclic) bond motifs is 1. The molecule has 1 N–H and O–H groups in total. The van der Waals surface area contributed by atoms with Crippen LogP contribution in [0.15, 0.2) is 40.9 Å². The SMILES string of the molecule is Clc1ccc(NCc2cc(Br)c3c(c2)OCCO3)cc1. The van der Waals surface area contributed by atoms with Gasteiger partial charge in [0.25, 0.3) is 0 Å². The quantitative estimate of drug-likeness (QED) is 0.881. The third-order valence-corrected chi connectivity index (χ3v) is 3.84. The maximum absolute atomic E-state index is 5.86. The Bertz CT molecular complexity index is 616. The van der Waals surface area contributed by atoms with E-state index in [2.05, 4.69) is 21.2 Å². The second kappa shape index (κ2) is 5.94. The molecule has 5 heteroatoms. The van der Waals surface area contributed by atoms with Crippen molar-refractivity contribution in [2.45, 2.75) is 6.54 Å². The number of halogens is 2. The molecule has 2 aromatic rings. The smallest absolute Gasteiger partial charge is 0.175 e. The highest BCUT2D eigenvalue weighted by Crippen LogP contribution is 2.38. The summed E-state index contributed by atoms with van der Waals surface area (Å²) < 4.78 is 12.1. The van der Waals surface area contributed by atoms with Gasteiger partial charge in [0.2, 0.25) is 0 Å². The van der Waals surface area contributed by atoms with Crippen LogP contribution in [0, 0.1) is 0 Å². The Kier molecular flexibility index (Phi) is 4.03. The van der Waals surface area contributed by atoms with Crippen LogP contribution in [0.4, 0.5) is 5.69 Å². The highest BCUT2D eigenvalue weighted by atomic mass is 79.9. The average molecular weight is 355 g/mol. The van der Waals surface area contributed by atoms with Gasteiger partial charge < -0.3 is 14.8 Å². The topological polar surface area (TPSA) is 30.5 Å². The first-order valence-electron chi connectivity index (χ1n) is 6.30. The van der Waals surface area contributed by atoms with Crippen molar-refractivity contribution in [1.82, 2.24) is 0 Å². The van der Waals surface area contributed by atoms with Gasteiger partial charge in [-0.1, -0.05) is 11.6 Å². The maximum Gasteiger partial charge on any atom is 0.175 e. The Morgan fingerprint density at radius 3 is 2.65 bits per heavy atom. The molecule has 1 heterocycles. The number of nitrogens with one attached hydrogen (secondary N) is 1. The van der Waals surface area contributed by atoms with Crippen molar-refractivity contribution in [3.8, 4) is 11.5 Å². The second-order valence-corrected chi connectivity index (χ2v) is 5.75. The average Bonchev–Trinajstić information content (AvgIpc) is 2.47. The Labute approximate surface area is 131 Å². The van der Waals surface area contributed by atoms with Gasteiger partial charge in [0.1, 0.15) is 13.2 Å². The van der Waals surface area contributed by atoms with E-state index in [-0.39, 0.29) is 0 Å². The van der Waals surface area contributed by atoms with Crippen molar-refractivity contribution >= 4 is 33.2 Å². The second-order valence-electron chi connectivity index (χ2n) is 4.46. The van der Waals surface area contributed by atoms with E-state index in [0.29, 0.717) is 19.8 Å². The fourth-order valence-electron chi connectivity index (χ4n) is 2.04. The van der Waals surface area contributed by atoms with E-state index in [4.69, 9.17) is 21.1 Å². The predicted molar refractivity (Wildman–Crippen MR) is 83.9 cm³/mol. The van der Waals surface area contributed by atoms with Crippen LogP contribution >= 0.6 is 27.5 Å². The summed E-state index contributed by atoms with van der Waals surface area (Å²) in [5.41, 5.74) is 2.15. The van der Waals surface area contributed by atoms with Crippen molar-refractivity contribution in [1.29, 1.82) is 0 Å². The van der Waals surface area contributed by atoms with Gasteiger partial charge in [-0.05, 0) is 57.9 Å². The van der Waals surface area contributed by atoms with Crippen LogP contribution in [0.5, 0.6) is 11.5 Å². The number of anilines is 1. The van der Waals surface area contributed by atoms with Gasteiger partial charge in [0.05, 0.1) is 4.47 Å². The van der Waals surface area contributed by atoms with Crippen LogP contribution in [0.25, 0.3) is 0 Å². The monoisotopic (exact) mass is 353 g/mol. The molecule has 1 aliphatic heterocycles. The Balaban J connectivity index is 1.74. The number of hydrogen-bond acceptors (Lipinski definition) is 3. The van der Waals surface area contributed by atoms with Gasteiger partial charge in [-0.25, -0.2) is 0 Å².